The average Bonchev–Trinajstić information content (AvgIpc) is 2.68. The van der Waals surface area contributed by atoms with Crippen molar-refractivity contribution in [1.82, 2.24) is 0 Å². The minimum Gasteiger partial charge on any atom is -0.497 e. The smallest absolute Gasteiger partial charge is 0.239 e. The summed E-state index contributed by atoms with van der Waals surface area (Å²) in [4.78, 5) is 25.1. The van der Waals surface area contributed by atoms with Gasteiger partial charge in [-0.15, -0.1) is 0 Å². The van der Waals surface area contributed by atoms with Gasteiger partial charge in [0, 0.05) is 6.07 Å². The molecule has 0 fully saturated rings. The lowest BCUT2D eigenvalue weighted by atomic mass is 9.90. The van der Waals surface area contributed by atoms with E-state index in [1.165, 1.54) is 34.1 Å². The normalized spacial score (nSPS) is 11.0. The van der Waals surface area contributed by atoms with Crippen molar-refractivity contribution < 1.29 is 32.2 Å². The highest BCUT2D eigenvalue weighted by atomic mass is 19.2. The molecular weight excluding hydrogens is 377 g/mol. The summed E-state index contributed by atoms with van der Waals surface area (Å²) in [5, 5.41) is 4.65. The van der Waals surface area contributed by atoms with Crippen molar-refractivity contribution >= 4 is 23.2 Å². The zero-order chi connectivity index (χ0) is 21.1. The Bertz CT molecular complexity index is 916. The van der Waals surface area contributed by atoms with E-state index in [4.69, 9.17) is 9.47 Å². The molecule has 9 heteroatoms. The topological polar surface area (TPSA) is 76.7 Å². The Hall–Kier alpha value is -3.23. The molecule has 0 aliphatic rings. The number of anilines is 2. The van der Waals surface area contributed by atoms with Gasteiger partial charge >= 0.3 is 0 Å². The number of carbonyl (C=O) groups excluding carboxylic acids is 2. The first-order chi connectivity index (χ1) is 13.1. The maximum absolute atomic E-state index is 13.8. The number of carbonyl (C=O) groups is 2. The van der Waals surface area contributed by atoms with Crippen LogP contribution in [-0.4, -0.2) is 26.0 Å². The molecule has 2 rings (SSSR count). The second-order valence-electron chi connectivity index (χ2n) is 6.32. The number of methoxy groups -OCH3 is 2. The first kappa shape index (κ1) is 21.1. The Morgan fingerprint density at radius 1 is 0.857 bits per heavy atom. The molecule has 0 aromatic heterocycles. The highest BCUT2D eigenvalue weighted by Crippen LogP contribution is 2.31. The SMILES string of the molecule is COc1ccc(NC(=O)C(C)(C)C(=O)Nc2ccc(F)c(F)c2F)c(OC)c1. The summed E-state index contributed by atoms with van der Waals surface area (Å²) >= 11 is 0. The molecule has 0 atom stereocenters. The summed E-state index contributed by atoms with van der Waals surface area (Å²) in [6.07, 6.45) is 0. The molecule has 0 spiro atoms. The summed E-state index contributed by atoms with van der Waals surface area (Å²) in [6.45, 7) is 2.59. The van der Waals surface area contributed by atoms with Gasteiger partial charge in [-0.25, -0.2) is 13.2 Å². The van der Waals surface area contributed by atoms with Crippen molar-refractivity contribution in [3.8, 4) is 11.5 Å². The lowest BCUT2D eigenvalue weighted by Gasteiger charge is -2.23. The van der Waals surface area contributed by atoms with E-state index in [1.807, 2.05) is 0 Å². The number of rotatable bonds is 6. The predicted molar refractivity (Wildman–Crippen MR) is 96.9 cm³/mol. The second-order valence-corrected chi connectivity index (χ2v) is 6.32. The van der Waals surface area contributed by atoms with Gasteiger partial charge in [-0.2, -0.15) is 0 Å². The fourth-order valence-corrected chi connectivity index (χ4v) is 2.18. The molecule has 0 aliphatic heterocycles. The molecule has 6 nitrogen and oxygen atoms in total. The molecule has 0 unspecified atom stereocenters. The maximum atomic E-state index is 13.8. The first-order valence-corrected chi connectivity index (χ1v) is 8.10. The monoisotopic (exact) mass is 396 g/mol. The van der Waals surface area contributed by atoms with Gasteiger partial charge in [-0.05, 0) is 38.1 Å². The van der Waals surface area contributed by atoms with Crippen LogP contribution in [0.2, 0.25) is 0 Å². The van der Waals surface area contributed by atoms with E-state index in [0.717, 1.165) is 6.07 Å². The molecule has 2 N–H and O–H groups in total. The summed E-state index contributed by atoms with van der Waals surface area (Å²) in [7, 11) is 2.87. The van der Waals surface area contributed by atoms with Crippen LogP contribution in [0, 0.1) is 22.9 Å². The van der Waals surface area contributed by atoms with E-state index in [9.17, 15) is 22.8 Å². The highest BCUT2D eigenvalue weighted by Gasteiger charge is 2.37. The third-order valence-corrected chi connectivity index (χ3v) is 4.08. The third kappa shape index (κ3) is 4.19. The Labute approximate surface area is 159 Å². The molecule has 0 bridgehead atoms. The Morgan fingerprint density at radius 3 is 2.00 bits per heavy atom. The standard InChI is InChI=1S/C19H19F3N2O4/c1-19(2,18(26)24-13-8-6-11(20)15(21)16(13)22)17(25)23-12-7-5-10(27-3)9-14(12)28-4/h5-9H,1-4H3,(H,23,25)(H,24,26). The van der Waals surface area contributed by atoms with Crippen molar-refractivity contribution in [3.05, 3.63) is 47.8 Å². The second kappa shape index (κ2) is 8.20. The van der Waals surface area contributed by atoms with Gasteiger partial charge in [0.25, 0.3) is 0 Å². The molecule has 0 radical (unpaired) electrons. The van der Waals surface area contributed by atoms with Gasteiger partial charge in [0.2, 0.25) is 11.8 Å². The molecule has 0 heterocycles. The third-order valence-electron chi connectivity index (χ3n) is 4.08. The van der Waals surface area contributed by atoms with Crippen molar-refractivity contribution in [3.63, 3.8) is 0 Å². The summed E-state index contributed by atoms with van der Waals surface area (Å²) in [5.74, 6) is -5.50. The molecule has 0 saturated heterocycles. The molecular formula is C19H19F3N2O4. The minimum atomic E-state index is -1.72. The zero-order valence-electron chi connectivity index (χ0n) is 15.7. The molecule has 150 valence electrons. The van der Waals surface area contributed by atoms with Crippen LogP contribution in [0.25, 0.3) is 0 Å². The largest absolute Gasteiger partial charge is 0.497 e. The molecule has 28 heavy (non-hydrogen) atoms. The van der Waals surface area contributed by atoms with Crippen LogP contribution in [0.5, 0.6) is 11.5 Å². The van der Waals surface area contributed by atoms with Crippen LogP contribution in [0.4, 0.5) is 24.5 Å². The van der Waals surface area contributed by atoms with Crippen LogP contribution in [-0.2, 0) is 9.59 Å². The molecule has 2 aromatic carbocycles. The predicted octanol–water partition coefficient (Wildman–Crippen LogP) is 3.72. The van der Waals surface area contributed by atoms with Crippen LogP contribution in [0.1, 0.15) is 13.8 Å². The lowest BCUT2D eigenvalue weighted by molar-refractivity contribution is -0.135. The van der Waals surface area contributed by atoms with Crippen LogP contribution in [0.15, 0.2) is 30.3 Å². The van der Waals surface area contributed by atoms with Crippen molar-refractivity contribution in [2.24, 2.45) is 5.41 Å². The average molecular weight is 396 g/mol. The van der Waals surface area contributed by atoms with E-state index >= 15 is 0 Å². The van der Waals surface area contributed by atoms with Crippen molar-refractivity contribution in [2.75, 3.05) is 24.9 Å². The summed E-state index contributed by atoms with van der Waals surface area (Å²) < 4.78 is 50.4. The van der Waals surface area contributed by atoms with Gasteiger partial charge in [0.05, 0.1) is 25.6 Å². The summed E-state index contributed by atoms with van der Waals surface area (Å²) in [6, 6.07) is 6.19. The minimum absolute atomic E-state index is 0.285. The van der Waals surface area contributed by atoms with Gasteiger partial charge in [0.15, 0.2) is 17.5 Å². The fourth-order valence-electron chi connectivity index (χ4n) is 2.18. The van der Waals surface area contributed by atoms with Crippen LogP contribution >= 0.6 is 0 Å². The van der Waals surface area contributed by atoms with E-state index in [-0.39, 0.29) is 5.69 Å². The molecule has 0 aliphatic carbocycles. The number of benzene rings is 2. The van der Waals surface area contributed by atoms with Crippen LogP contribution in [0.3, 0.4) is 0 Å². The number of hydrogen-bond acceptors (Lipinski definition) is 4. The molecule has 2 aromatic rings. The van der Waals surface area contributed by atoms with Gasteiger partial charge in [-0.3, -0.25) is 9.59 Å². The Balaban J connectivity index is 2.20. The number of hydrogen-bond donors (Lipinski definition) is 2. The lowest BCUT2D eigenvalue weighted by Crippen LogP contribution is -2.41. The van der Waals surface area contributed by atoms with Crippen molar-refractivity contribution in [1.29, 1.82) is 0 Å². The highest BCUT2D eigenvalue weighted by molar-refractivity contribution is 6.14. The maximum Gasteiger partial charge on any atom is 0.239 e. The van der Waals surface area contributed by atoms with Gasteiger partial charge < -0.3 is 20.1 Å². The number of nitrogens with one attached hydrogen (secondary N) is 2. The number of ether oxygens (including phenoxy) is 2. The van der Waals surface area contributed by atoms with Gasteiger partial charge in [-0.1, -0.05) is 0 Å². The Kier molecular flexibility index (Phi) is 6.17. The number of halogens is 3. The van der Waals surface area contributed by atoms with Crippen molar-refractivity contribution in [2.45, 2.75) is 13.8 Å². The quantitative estimate of drug-likeness (QED) is 0.576. The Morgan fingerprint density at radius 2 is 1.43 bits per heavy atom. The fraction of sp³-hybridized carbons (Fsp3) is 0.263. The zero-order valence-corrected chi connectivity index (χ0v) is 15.7. The molecule has 2 amide bonds. The first-order valence-electron chi connectivity index (χ1n) is 8.10. The van der Waals surface area contributed by atoms with Gasteiger partial charge in [0.1, 0.15) is 16.9 Å². The molecule has 0 saturated carbocycles. The van der Waals surface area contributed by atoms with Crippen LogP contribution < -0.4 is 20.1 Å². The van der Waals surface area contributed by atoms with E-state index < -0.39 is 40.4 Å². The van der Waals surface area contributed by atoms with E-state index in [1.54, 1.807) is 12.1 Å². The van der Waals surface area contributed by atoms with E-state index in [2.05, 4.69) is 10.6 Å². The summed E-state index contributed by atoms with van der Waals surface area (Å²) in [5.41, 5.74) is -1.97. The van der Waals surface area contributed by atoms with E-state index in [0.29, 0.717) is 17.6 Å². The number of amides is 2.